The maximum atomic E-state index is 6.18. The molecule has 0 saturated heterocycles. The molecule has 1 aliphatic heterocycles. The van der Waals surface area contributed by atoms with E-state index in [0.29, 0.717) is 6.61 Å². The van der Waals surface area contributed by atoms with Crippen LogP contribution in [0.4, 0.5) is 0 Å². The fraction of sp³-hybridized carbons (Fsp3) is 0.276. The van der Waals surface area contributed by atoms with E-state index in [1.54, 1.807) is 21.3 Å². The smallest absolute Gasteiger partial charge is 0.165 e. The van der Waals surface area contributed by atoms with Gasteiger partial charge in [-0.2, -0.15) is 0 Å². The number of nitrogens with zero attached hydrogens (tertiary/aromatic N) is 2. The van der Waals surface area contributed by atoms with Crippen LogP contribution in [0.1, 0.15) is 16.7 Å². The number of hydrogen-bond acceptors (Lipinski definition) is 6. The van der Waals surface area contributed by atoms with Gasteiger partial charge in [-0.1, -0.05) is 24.3 Å². The predicted octanol–water partition coefficient (Wildman–Crippen LogP) is 5.63. The maximum absolute atomic E-state index is 6.18. The predicted molar refractivity (Wildman–Crippen MR) is 138 cm³/mol. The highest BCUT2D eigenvalue weighted by Crippen LogP contribution is 2.39. The van der Waals surface area contributed by atoms with Crippen LogP contribution in [0, 0.1) is 6.92 Å². The number of fused-ring (bicyclic) bond motifs is 2. The van der Waals surface area contributed by atoms with Crippen molar-refractivity contribution in [3.05, 3.63) is 77.5 Å². The molecule has 1 aliphatic rings. The van der Waals surface area contributed by atoms with E-state index in [4.69, 9.17) is 18.9 Å². The first kappa shape index (κ1) is 23.0. The van der Waals surface area contributed by atoms with Gasteiger partial charge < -0.3 is 18.9 Å². The minimum Gasteiger partial charge on any atom is -0.496 e. The number of para-hydroxylation sites is 1. The van der Waals surface area contributed by atoms with Gasteiger partial charge in [0, 0.05) is 53.5 Å². The Bertz CT molecular complexity index is 1370. The van der Waals surface area contributed by atoms with Gasteiger partial charge in [0.25, 0.3) is 0 Å². The van der Waals surface area contributed by atoms with Crippen LogP contribution < -0.4 is 18.9 Å². The van der Waals surface area contributed by atoms with Crippen molar-refractivity contribution >= 4 is 10.9 Å². The molecule has 0 amide bonds. The molecule has 2 heterocycles. The lowest BCUT2D eigenvalue weighted by molar-refractivity contribution is 0.214. The molecule has 0 aliphatic carbocycles. The number of benzene rings is 3. The van der Waals surface area contributed by atoms with Gasteiger partial charge in [-0.25, -0.2) is 0 Å². The molecule has 0 fully saturated rings. The second-order valence-electron chi connectivity index (χ2n) is 8.73. The Kier molecular flexibility index (Phi) is 6.47. The summed E-state index contributed by atoms with van der Waals surface area (Å²) in [4.78, 5) is 7.02. The Morgan fingerprint density at radius 3 is 2.54 bits per heavy atom. The van der Waals surface area contributed by atoms with Crippen LogP contribution >= 0.6 is 0 Å². The quantitative estimate of drug-likeness (QED) is 0.364. The molecule has 0 spiro atoms. The highest BCUT2D eigenvalue weighted by atomic mass is 16.5. The molecule has 4 aromatic rings. The number of pyridine rings is 1. The molecule has 180 valence electrons. The van der Waals surface area contributed by atoms with Gasteiger partial charge in [0.2, 0.25) is 0 Å². The SMILES string of the molecule is COc1ccc(CN2CCOc3c(cc(-c4cnc5ccccc5c4)cc3OC)C2)c(OC)c1C. The van der Waals surface area contributed by atoms with Gasteiger partial charge in [0.15, 0.2) is 11.5 Å². The molecular weight excluding hydrogens is 440 g/mol. The number of hydrogen-bond donors (Lipinski definition) is 0. The van der Waals surface area contributed by atoms with Crippen LogP contribution in [0.2, 0.25) is 0 Å². The first-order chi connectivity index (χ1) is 17.1. The normalized spacial score (nSPS) is 13.6. The molecule has 0 saturated carbocycles. The standard InChI is InChI=1S/C29H30N2O4/c1-19-26(32-2)10-9-21(28(19)34-4)17-31-11-12-35-29-24(18-31)14-22(15-27(29)33-3)23-13-20-7-5-6-8-25(20)30-16-23/h5-10,13-16H,11-12,17-18H2,1-4H3. The Morgan fingerprint density at radius 1 is 0.914 bits per heavy atom. The minimum absolute atomic E-state index is 0.581. The molecule has 35 heavy (non-hydrogen) atoms. The molecule has 1 aromatic heterocycles. The van der Waals surface area contributed by atoms with Crippen molar-refractivity contribution in [1.82, 2.24) is 9.88 Å². The summed E-state index contributed by atoms with van der Waals surface area (Å²) in [7, 11) is 5.08. The maximum Gasteiger partial charge on any atom is 0.165 e. The number of ether oxygens (including phenoxy) is 4. The Balaban J connectivity index is 1.49. The van der Waals surface area contributed by atoms with E-state index in [1.165, 1.54) is 0 Å². The number of methoxy groups -OCH3 is 3. The largest absolute Gasteiger partial charge is 0.496 e. The van der Waals surface area contributed by atoms with Crippen molar-refractivity contribution in [2.45, 2.75) is 20.0 Å². The molecule has 3 aromatic carbocycles. The zero-order valence-corrected chi connectivity index (χ0v) is 20.6. The first-order valence-corrected chi connectivity index (χ1v) is 11.7. The molecule has 0 N–H and O–H groups in total. The molecule has 0 unspecified atom stereocenters. The van der Waals surface area contributed by atoms with Crippen LogP contribution in [-0.4, -0.2) is 44.4 Å². The van der Waals surface area contributed by atoms with E-state index >= 15 is 0 Å². The zero-order valence-electron chi connectivity index (χ0n) is 20.6. The summed E-state index contributed by atoms with van der Waals surface area (Å²) in [5.74, 6) is 3.24. The average Bonchev–Trinajstić information content (AvgIpc) is 3.10. The van der Waals surface area contributed by atoms with Crippen LogP contribution in [0.5, 0.6) is 23.0 Å². The van der Waals surface area contributed by atoms with Crippen LogP contribution in [0.25, 0.3) is 22.0 Å². The third-order valence-corrected chi connectivity index (χ3v) is 6.58. The van der Waals surface area contributed by atoms with E-state index in [-0.39, 0.29) is 0 Å². The van der Waals surface area contributed by atoms with Gasteiger partial charge in [-0.3, -0.25) is 9.88 Å². The minimum atomic E-state index is 0.581. The third kappa shape index (κ3) is 4.49. The molecule has 5 rings (SSSR count). The topological polar surface area (TPSA) is 53.1 Å². The van der Waals surface area contributed by atoms with E-state index in [1.807, 2.05) is 43.5 Å². The molecule has 0 bridgehead atoms. The third-order valence-electron chi connectivity index (χ3n) is 6.58. The lowest BCUT2D eigenvalue weighted by Gasteiger charge is -2.22. The molecule has 0 radical (unpaired) electrons. The molecule has 6 heteroatoms. The summed E-state index contributed by atoms with van der Waals surface area (Å²) in [6.45, 7) is 4.86. The van der Waals surface area contributed by atoms with Gasteiger partial charge in [0.1, 0.15) is 18.1 Å². The van der Waals surface area contributed by atoms with Gasteiger partial charge in [-0.15, -0.1) is 0 Å². The summed E-state index contributed by atoms with van der Waals surface area (Å²) in [5.41, 5.74) is 6.31. The summed E-state index contributed by atoms with van der Waals surface area (Å²) in [6.07, 6.45) is 1.92. The summed E-state index contributed by atoms with van der Waals surface area (Å²) < 4.78 is 23.2. The van der Waals surface area contributed by atoms with Crippen LogP contribution in [-0.2, 0) is 13.1 Å². The Labute approximate surface area is 206 Å². The fourth-order valence-corrected chi connectivity index (χ4v) is 4.82. The number of aromatic nitrogens is 1. The van der Waals surface area contributed by atoms with E-state index in [0.717, 1.165) is 81.4 Å². The summed E-state index contributed by atoms with van der Waals surface area (Å²) >= 11 is 0. The van der Waals surface area contributed by atoms with Crippen molar-refractivity contribution in [3.63, 3.8) is 0 Å². The van der Waals surface area contributed by atoms with Gasteiger partial charge in [0.05, 0.1) is 26.8 Å². The second-order valence-corrected chi connectivity index (χ2v) is 8.73. The molecular formula is C29H30N2O4. The molecule has 0 atom stereocenters. The van der Waals surface area contributed by atoms with Crippen molar-refractivity contribution in [3.8, 4) is 34.1 Å². The van der Waals surface area contributed by atoms with Crippen LogP contribution in [0.3, 0.4) is 0 Å². The monoisotopic (exact) mass is 470 g/mol. The van der Waals surface area contributed by atoms with E-state index in [9.17, 15) is 0 Å². The zero-order chi connectivity index (χ0) is 24.4. The Morgan fingerprint density at radius 2 is 1.74 bits per heavy atom. The number of rotatable bonds is 6. The van der Waals surface area contributed by atoms with Crippen LogP contribution in [0.15, 0.2) is 60.8 Å². The van der Waals surface area contributed by atoms with Crippen molar-refractivity contribution in [2.75, 3.05) is 34.5 Å². The van der Waals surface area contributed by atoms with Crippen molar-refractivity contribution in [1.29, 1.82) is 0 Å². The van der Waals surface area contributed by atoms with E-state index < -0.39 is 0 Å². The lowest BCUT2D eigenvalue weighted by Crippen LogP contribution is -2.25. The first-order valence-electron chi connectivity index (χ1n) is 11.7. The summed E-state index contributed by atoms with van der Waals surface area (Å²) in [6, 6.07) is 18.6. The van der Waals surface area contributed by atoms with E-state index in [2.05, 4.69) is 34.1 Å². The van der Waals surface area contributed by atoms with Gasteiger partial charge >= 0.3 is 0 Å². The Hall–Kier alpha value is -3.77. The highest BCUT2D eigenvalue weighted by Gasteiger charge is 2.22. The lowest BCUT2D eigenvalue weighted by atomic mass is 10.0. The fourth-order valence-electron chi connectivity index (χ4n) is 4.82. The average molecular weight is 471 g/mol. The molecule has 6 nitrogen and oxygen atoms in total. The summed E-state index contributed by atoms with van der Waals surface area (Å²) in [5, 5.41) is 1.11. The second kappa shape index (κ2) is 9.84. The van der Waals surface area contributed by atoms with Crippen molar-refractivity contribution in [2.24, 2.45) is 0 Å². The van der Waals surface area contributed by atoms with Crippen molar-refractivity contribution < 1.29 is 18.9 Å². The van der Waals surface area contributed by atoms with Gasteiger partial charge in [-0.05, 0) is 42.8 Å². The highest BCUT2D eigenvalue weighted by molar-refractivity contribution is 5.84.